The third kappa shape index (κ3) is 3.91. The summed E-state index contributed by atoms with van der Waals surface area (Å²) in [4.78, 5) is 20.3. The van der Waals surface area contributed by atoms with Gasteiger partial charge in [0.1, 0.15) is 6.54 Å². The summed E-state index contributed by atoms with van der Waals surface area (Å²) in [6, 6.07) is 9.50. The number of carbonyl (C=O) groups excluding carboxylic acids is 1. The van der Waals surface area contributed by atoms with Gasteiger partial charge in [-0.3, -0.25) is 9.78 Å². The van der Waals surface area contributed by atoms with E-state index < -0.39 is 0 Å². The smallest absolute Gasteiger partial charge is 0.258 e. The van der Waals surface area contributed by atoms with E-state index in [1.807, 2.05) is 35.5 Å². The van der Waals surface area contributed by atoms with E-state index in [2.05, 4.69) is 4.98 Å². The summed E-state index contributed by atoms with van der Waals surface area (Å²) < 4.78 is 10.7. The molecule has 132 valence electrons. The molecule has 1 aliphatic rings. The topological polar surface area (TPSA) is 56.1 Å². The van der Waals surface area contributed by atoms with Gasteiger partial charge in [0.2, 0.25) is 0 Å². The summed E-state index contributed by atoms with van der Waals surface area (Å²) in [7, 11) is 3.14. The summed E-state index contributed by atoms with van der Waals surface area (Å²) in [5.41, 5.74) is 1.83. The van der Waals surface area contributed by atoms with Crippen LogP contribution in [-0.4, -0.2) is 56.2 Å². The lowest BCUT2D eigenvalue weighted by molar-refractivity contribution is -0.917. The molecule has 6 heteroatoms. The number of nitrogens with one attached hydrogen (secondary N) is 1. The number of quaternary nitrogens is 1. The molecule has 1 aromatic heterocycles. The molecule has 2 heterocycles. The van der Waals surface area contributed by atoms with Crippen molar-refractivity contribution in [2.45, 2.75) is 6.54 Å². The number of carbonyl (C=O) groups is 1. The van der Waals surface area contributed by atoms with Crippen molar-refractivity contribution in [2.75, 3.05) is 40.4 Å². The van der Waals surface area contributed by atoms with Crippen molar-refractivity contribution in [3.05, 3.63) is 53.9 Å². The largest absolute Gasteiger partial charge is 0.493 e. The minimum atomic E-state index is -0.00119. The Balaban J connectivity index is 1.64. The van der Waals surface area contributed by atoms with Crippen molar-refractivity contribution >= 4 is 5.91 Å². The summed E-state index contributed by atoms with van der Waals surface area (Å²) in [5.74, 6) is 1.08. The standard InChI is InChI=1S/C19H23N3O3/c1-24-17-5-3-4-16(18(17)25-2)19(23)22-12-10-21(11-13-22)14-15-6-8-20-9-7-15/h3-9H,10-14H2,1-2H3/p+1. The summed E-state index contributed by atoms with van der Waals surface area (Å²) in [6.07, 6.45) is 3.65. The van der Waals surface area contributed by atoms with Crippen LogP contribution >= 0.6 is 0 Å². The molecule has 0 unspecified atom stereocenters. The van der Waals surface area contributed by atoms with E-state index in [1.54, 1.807) is 26.4 Å². The molecule has 2 aromatic rings. The molecule has 0 saturated carbocycles. The molecule has 1 N–H and O–H groups in total. The average molecular weight is 342 g/mol. The number of benzene rings is 1. The Morgan fingerprint density at radius 2 is 1.84 bits per heavy atom. The van der Waals surface area contributed by atoms with Crippen molar-refractivity contribution in [1.29, 1.82) is 0 Å². The predicted molar refractivity (Wildman–Crippen MR) is 94.1 cm³/mol. The molecule has 6 nitrogen and oxygen atoms in total. The summed E-state index contributed by atoms with van der Waals surface area (Å²) in [5, 5.41) is 0. The van der Waals surface area contributed by atoms with Crippen LogP contribution in [-0.2, 0) is 6.54 Å². The highest BCUT2D eigenvalue weighted by Gasteiger charge is 2.27. The zero-order valence-electron chi connectivity index (χ0n) is 14.7. The van der Waals surface area contributed by atoms with E-state index in [0.29, 0.717) is 17.1 Å². The van der Waals surface area contributed by atoms with Crippen LogP contribution in [0.4, 0.5) is 0 Å². The van der Waals surface area contributed by atoms with Crippen LogP contribution in [0.1, 0.15) is 15.9 Å². The molecule has 1 aliphatic heterocycles. The van der Waals surface area contributed by atoms with Crippen LogP contribution < -0.4 is 14.4 Å². The van der Waals surface area contributed by atoms with Gasteiger partial charge in [0.25, 0.3) is 5.91 Å². The Morgan fingerprint density at radius 1 is 1.12 bits per heavy atom. The highest BCUT2D eigenvalue weighted by atomic mass is 16.5. The minimum Gasteiger partial charge on any atom is -0.493 e. The van der Waals surface area contributed by atoms with Gasteiger partial charge < -0.3 is 19.3 Å². The number of para-hydroxylation sites is 1. The molecule has 0 radical (unpaired) electrons. The van der Waals surface area contributed by atoms with Gasteiger partial charge >= 0.3 is 0 Å². The maximum Gasteiger partial charge on any atom is 0.258 e. The Morgan fingerprint density at radius 3 is 2.48 bits per heavy atom. The van der Waals surface area contributed by atoms with Crippen LogP contribution in [0.5, 0.6) is 11.5 Å². The van der Waals surface area contributed by atoms with Gasteiger partial charge in [-0.1, -0.05) is 6.07 Å². The third-order valence-electron chi connectivity index (χ3n) is 4.59. The van der Waals surface area contributed by atoms with Gasteiger partial charge in [0.05, 0.1) is 46.0 Å². The highest BCUT2D eigenvalue weighted by molar-refractivity contribution is 5.97. The lowest BCUT2D eigenvalue weighted by atomic mass is 10.1. The summed E-state index contributed by atoms with van der Waals surface area (Å²) >= 11 is 0. The molecule has 25 heavy (non-hydrogen) atoms. The van der Waals surface area contributed by atoms with Gasteiger partial charge in [0.15, 0.2) is 11.5 Å². The van der Waals surface area contributed by atoms with Crippen molar-refractivity contribution in [3.63, 3.8) is 0 Å². The third-order valence-corrected chi connectivity index (χ3v) is 4.59. The number of piperazine rings is 1. The first-order chi connectivity index (χ1) is 12.2. The number of aromatic nitrogens is 1. The quantitative estimate of drug-likeness (QED) is 0.866. The average Bonchev–Trinajstić information content (AvgIpc) is 2.68. The van der Waals surface area contributed by atoms with Crippen molar-refractivity contribution in [2.24, 2.45) is 0 Å². The second-order valence-electron chi connectivity index (χ2n) is 6.12. The molecule has 0 atom stereocenters. The number of pyridine rings is 1. The number of rotatable bonds is 5. The number of amides is 1. The predicted octanol–water partition coefficient (Wildman–Crippen LogP) is 0.640. The zero-order valence-corrected chi connectivity index (χ0v) is 14.7. The van der Waals surface area contributed by atoms with Gasteiger partial charge in [-0.05, 0) is 24.3 Å². The Bertz CT molecular complexity index is 713. The first-order valence-corrected chi connectivity index (χ1v) is 8.45. The van der Waals surface area contributed by atoms with Gasteiger partial charge in [-0.2, -0.15) is 0 Å². The summed E-state index contributed by atoms with van der Waals surface area (Å²) in [6.45, 7) is 4.30. The van der Waals surface area contributed by atoms with Crippen LogP contribution in [0.2, 0.25) is 0 Å². The fourth-order valence-electron chi connectivity index (χ4n) is 3.22. The molecule has 1 aromatic carbocycles. The van der Waals surface area contributed by atoms with Crippen molar-refractivity contribution < 1.29 is 19.2 Å². The first-order valence-electron chi connectivity index (χ1n) is 8.45. The number of methoxy groups -OCH3 is 2. The van der Waals surface area contributed by atoms with Crippen molar-refractivity contribution in [1.82, 2.24) is 9.88 Å². The Labute approximate surface area is 148 Å². The fraction of sp³-hybridized carbons (Fsp3) is 0.368. The molecule has 0 spiro atoms. The zero-order chi connectivity index (χ0) is 17.6. The molecular weight excluding hydrogens is 318 g/mol. The van der Waals surface area contributed by atoms with E-state index in [0.717, 1.165) is 32.7 Å². The maximum atomic E-state index is 12.9. The molecule has 1 amide bonds. The maximum absolute atomic E-state index is 12.9. The minimum absolute atomic E-state index is 0.00119. The van der Waals surface area contributed by atoms with E-state index in [9.17, 15) is 4.79 Å². The van der Waals surface area contributed by atoms with Crippen LogP contribution in [0.25, 0.3) is 0 Å². The number of hydrogen-bond acceptors (Lipinski definition) is 4. The van der Waals surface area contributed by atoms with E-state index in [4.69, 9.17) is 9.47 Å². The van der Waals surface area contributed by atoms with Crippen molar-refractivity contribution in [3.8, 4) is 11.5 Å². The van der Waals surface area contributed by atoms with Gasteiger partial charge in [-0.15, -0.1) is 0 Å². The molecule has 1 fully saturated rings. The fourth-order valence-corrected chi connectivity index (χ4v) is 3.22. The van der Waals surface area contributed by atoms with Crippen LogP contribution in [0, 0.1) is 0 Å². The number of ether oxygens (including phenoxy) is 2. The normalized spacial score (nSPS) is 15.0. The molecule has 0 bridgehead atoms. The van der Waals surface area contributed by atoms with E-state index in [-0.39, 0.29) is 5.91 Å². The first kappa shape index (κ1) is 17.2. The van der Waals surface area contributed by atoms with Gasteiger partial charge in [0, 0.05) is 18.0 Å². The number of nitrogens with zero attached hydrogens (tertiary/aromatic N) is 2. The van der Waals surface area contributed by atoms with Crippen LogP contribution in [0.3, 0.4) is 0 Å². The lowest BCUT2D eigenvalue weighted by Crippen LogP contribution is -3.13. The van der Waals surface area contributed by atoms with E-state index in [1.165, 1.54) is 10.5 Å². The Kier molecular flexibility index (Phi) is 5.50. The molecular formula is C19H24N3O3+. The van der Waals surface area contributed by atoms with E-state index >= 15 is 0 Å². The van der Waals surface area contributed by atoms with Gasteiger partial charge in [-0.25, -0.2) is 0 Å². The highest BCUT2D eigenvalue weighted by Crippen LogP contribution is 2.31. The second kappa shape index (κ2) is 7.98. The van der Waals surface area contributed by atoms with Crippen LogP contribution in [0.15, 0.2) is 42.7 Å². The second-order valence-corrected chi connectivity index (χ2v) is 6.12. The molecule has 1 saturated heterocycles. The lowest BCUT2D eigenvalue weighted by Gasteiger charge is -2.32. The Hall–Kier alpha value is -2.60. The number of hydrogen-bond donors (Lipinski definition) is 1. The molecule has 0 aliphatic carbocycles. The molecule has 3 rings (SSSR count). The monoisotopic (exact) mass is 342 g/mol. The SMILES string of the molecule is COc1cccc(C(=O)N2CC[NH+](Cc3ccncc3)CC2)c1OC.